The Labute approximate surface area is 282 Å². The van der Waals surface area contributed by atoms with Crippen molar-refractivity contribution < 1.29 is 23.9 Å². The maximum Gasteiger partial charge on any atom is 0.264 e. The first kappa shape index (κ1) is 32.7. The molecule has 2 aliphatic rings. The fourth-order valence-corrected chi connectivity index (χ4v) is 7.44. The minimum absolute atomic E-state index is 0.0531. The molecule has 3 amide bonds. The quantitative estimate of drug-likeness (QED) is 0.187. The molecule has 1 saturated heterocycles. The molecule has 0 unspecified atom stereocenters. The van der Waals surface area contributed by atoms with Gasteiger partial charge in [0, 0.05) is 63.7 Å². The van der Waals surface area contributed by atoms with Crippen molar-refractivity contribution in [2.24, 2.45) is 0 Å². The maximum atomic E-state index is 13.9. The van der Waals surface area contributed by atoms with Crippen molar-refractivity contribution in [3.63, 3.8) is 0 Å². The molecule has 47 heavy (non-hydrogen) atoms. The standard InChI is InChI=1S/C35H38ClN5O5S/c1-21(2)38-15-18-45-22-11-12-23-25(20-30(42)39-28(23)19-22)33(43)41-16-13-35(14-17-41,34(44)37-3)46-29-10-5-4-7-24(29)32-40-27-9-6-8-26(36)31(27)47-32/h4-12,19,21,25,38H,13-18,20H2,1-3H3,(H,37,44)(H,39,42)/t25-/m0/s1. The number of hydrogen-bond acceptors (Lipinski definition) is 8. The first-order chi connectivity index (χ1) is 22.7. The van der Waals surface area contributed by atoms with Gasteiger partial charge in [-0.3, -0.25) is 14.4 Å². The molecular formula is C35H38ClN5O5S. The number of piperidine rings is 1. The Morgan fingerprint density at radius 3 is 2.66 bits per heavy atom. The van der Waals surface area contributed by atoms with E-state index in [0.29, 0.717) is 54.5 Å². The summed E-state index contributed by atoms with van der Waals surface area (Å²) in [4.78, 5) is 46.6. The van der Waals surface area contributed by atoms with Crippen LogP contribution in [0.1, 0.15) is 44.6 Å². The van der Waals surface area contributed by atoms with E-state index >= 15 is 0 Å². The van der Waals surface area contributed by atoms with E-state index in [1.54, 1.807) is 18.0 Å². The second-order valence-corrected chi connectivity index (χ2v) is 13.5. The van der Waals surface area contributed by atoms with Gasteiger partial charge in [-0.05, 0) is 35.9 Å². The molecule has 10 nitrogen and oxygen atoms in total. The molecule has 0 bridgehead atoms. The van der Waals surface area contributed by atoms with Gasteiger partial charge in [0.05, 0.1) is 26.7 Å². The van der Waals surface area contributed by atoms with Crippen molar-refractivity contribution in [2.45, 2.75) is 50.7 Å². The van der Waals surface area contributed by atoms with Crippen LogP contribution in [0.3, 0.4) is 0 Å². The molecule has 2 aliphatic heterocycles. The third kappa shape index (κ3) is 6.93. The second kappa shape index (κ2) is 13.9. The highest BCUT2D eigenvalue weighted by atomic mass is 35.5. The highest BCUT2D eigenvalue weighted by Gasteiger charge is 2.46. The number of hydrogen-bond donors (Lipinski definition) is 3. The summed E-state index contributed by atoms with van der Waals surface area (Å²) in [5.74, 6) is -0.0968. The number of likely N-dealkylation sites (tertiary alicyclic amines) is 1. The SMILES string of the molecule is CNC(=O)C1(Oc2ccccc2-c2nc3cccc(Cl)c3s2)CCN(C(=O)[C@H]2CC(=O)Nc3cc(OCCNC(C)C)ccc32)CC1. The zero-order chi connectivity index (χ0) is 33.1. The van der Waals surface area contributed by atoms with E-state index in [1.807, 2.05) is 54.6 Å². The van der Waals surface area contributed by atoms with Gasteiger partial charge in [-0.15, -0.1) is 11.3 Å². The first-order valence-electron chi connectivity index (χ1n) is 15.8. The van der Waals surface area contributed by atoms with E-state index in [0.717, 1.165) is 26.4 Å². The molecule has 1 atom stereocenters. The third-order valence-electron chi connectivity index (χ3n) is 8.60. The molecule has 12 heteroatoms. The Morgan fingerprint density at radius 1 is 1.13 bits per heavy atom. The number of rotatable bonds is 10. The second-order valence-electron chi connectivity index (χ2n) is 12.1. The van der Waals surface area contributed by atoms with Crippen molar-refractivity contribution in [3.8, 4) is 22.1 Å². The van der Waals surface area contributed by atoms with Crippen LogP contribution in [-0.2, 0) is 14.4 Å². The number of nitrogens with one attached hydrogen (secondary N) is 3. The molecule has 3 heterocycles. The lowest BCUT2D eigenvalue weighted by molar-refractivity contribution is -0.147. The Bertz CT molecular complexity index is 1800. The van der Waals surface area contributed by atoms with E-state index in [4.69, 9.17) is 26.1 Å². The summed E-state index contributed by atoms with van der Waals surface area (Å²) in [5, 5.41) is 10.3. The molecule has 0 saturated carbocycles. The smallest absolute Gasteiger partial charge is 0.264 e. The van der Waals surface area contributed by atoms with Gasteiger partial charge in [0.1, 0.15) is 23.1 Å². The predicted molar refractivity (Wildman–Crippen MR) is 184 cm³/mol. The van der Waals surface area contributed by atoms with Crippen LogP contribution in [-0.4, -0.2) is 72.5 Å². The number of benzene rings is 3. The normalized spacial score (nSPS) is 17.3. The maximum absolute atomic E-state index is 13.9. The number of nitrogens with zero attached hydrogens (tertiary/aromatic N) is 2. The summed E-state index contributed by atoms with van der Waals surface area (Å²) in [6, 6.07) is 19.0. The molecule has 0 radical (unpaired) electrons. The highest BCUT2D eigenvalue weighted by molar-refractivity contribution is 7.22. The van der Waals surface area contributed by atoms with Crippen LogP contribution in [0, 0.1) is 0 Å². The molecule has 6 rings (SSSR count). The molecule has 0 aliphatic carbocycles. The summed E-state index contributed by atoms with van der Waals surface area (Å²) in [6.07, 6.45) is 0.611. The molecule has 0 spiro atoms. The van der Waals surface area contributed by atoms with Crippen LogP contribution in [0.2, 0.25) is 5.02 Å². The van der Waals surface area contributed by atoms with Gasteiger partial charge in [-0.1, -0.05) is 49.7 Å². The summed E-state index contributed by atoms with van der Waals surface area (Å²) in [5.41, 5.74) is 1.69. The van der Waals surface area contributed by atoms with E-state index < -0.39 is 11.5 Å². The van der Waals surface area contributed by atoms with Gasteiger partial charge in [0.25, 0.3) is 5.91 Å². The summed E-state index contributed by atoms with van der Waals surface area (Å²) in [6.45, 7) is 5.91. The Morgan fingerprint density at radius 2 is 1.91 bits per heavy atom. The summed E-state index contributed by atoms with van der Waals surface area (Å²) >= 11 is 7.90. The molecule has 4 aromatic rings. The van der Waals surface area contributed by atoms with E-state index in [-0.39, 0.29) is 37.0 Å². The number of thiazole rings is 1. The average Bonchev–Trinajstić information content (AvgIpc) is 3.51. The minimum atomic E-state index is -1.20. The Hall–Kier alpha value is -4.19. The van der Waals surface area contributed by atoms with Crippen molar-refractivity contribution in [1.29, 1.82) is 0 Å². The van der Waals surface area contributed by atoms with Crippen molar-refractivity contribution in [1.82, 2.24) is 20.5 Å². The van der Waals surface area contributed by atoms with E-state index in [1.165, 1.54) is 11.3 Å². The molecule has 3 N–H and O–H groups in total. The van der Waals surface area contributed by atoms with Crippen LogP contribution in [0.4, 0.5) is 5.69 Å². The molecule has 1 aromatic heterocycles. The minimum Gasteiger partial charge on any atom is -0.492 e. The van der Waals surface area contributed by atoms with Crippen LogP contribution in [0.15, 0.2) is 60.7 Å². The van der Waals surface area contributed by atoms with Crippen LogP contribution < -0.4 is 25.4 Å². The lowest BCUT2D eigenvalue weighted by atomic mass is 9.86. The predicted octanol–water partition coefficient (Wildman–Crippen LogP) is 5.61. The topological polar surface area (TPSA) is 122 Å². The van der Waals surface area contributed by atoms with E-state index in [2.05, 4.69) is 29.8 Å². The number of fused-ring (bicyclic) bond motifs is 2. The molecule has 3 aromatic carbocycles. The van der Waals surface area contributed by atoms with Gasteiger partial charge < -0.3 is 30.3 Å². The van der Waals surface area contributed by atoms with Gasteiger partial charge in [-0.25, -0.2) is 4.98 Å². The lowest BCUT2D eigenvalue weighted by Crippen LogP contribution is -2.58. The van der Waals surface area contributed by atoms with Crippen molar-refractivity contribution in [3.05, 3.63) is 71.2 Å². The van der Waals surface area contributed by atoms with Gasteiger partial charge in [0.2, 0.25) is 11.8 Å². The van der Waals surface area contributed by atoms with Gasteiger partial charge >= 0.3 is 0 Å². The first-order valence-corrected chi connectivity index (χ1v) is 17.0. The monoisotopic (exact) mass is 675 g/mol. The number of para-hydroxylation sites is 1. The van der Waals surface area contributed by atoms with Crippen molar-refractivity contribution in [2.75, 3.05) is 38.6 Å². The number of carbonyl (C=O) groups is 3. The zero-order valence-electron chi connectivity index (χ0n) is 26.6. The number of anilines is 1. The van der Waals surface area contributed by atoms with Gasteiger partial charge in [-0.2, -0.15) is 0 Å². The number of carbonyl (C=O) groups excluding carboxylic acids is 3. The molecule has 1 fully saturated rings. The number of halogens is 1. The Kier molecular flexibility index (Phi) is 9.67. The van der Waals surface area contributed by atoms with Crippen molar-refractivity contribution >= 4 is 56.6 Å². The fraction of sp³-hybridized carbons (Fsp3) is 0.371. The third-order valence-corrected chi connectivity index (χ3v) is 10.2. The number of aromatic nitrogens is 1. The number of amides is 3. The van der Waals surface area contributed by atoms with Gasteiger partial charge in [0.15, 0.2) is 5.60 Å². The highest BCUT2D eigenvalue weighted by Crippen LogP contribution is 2.42. The average molecular weight is 676 g/mol. The largest absolute Gasteiger partial charge is 0.492 e. The molecular weight excluding hydrogens is 638 g/mol. The van der Waals surface area contributed by atoms with Crippen LogP contribution >= 0.6 is 22.9 Å². The van der Waals surface area contributed by atoms with Crippen LogP contribution in [0.5, 0.6) is 11.5 Å². The number of ether oxygens (including phenoxy) is 2. The molecule has 246 valence electrons. The Balaban J connectivity index is 1.18. The van der Waals surface area contributed by atoms with E-state index in [9.17, 15) is 14.4 Å². The summed E-state index contributed by atoms with van der Waals surface area (Å²) in [7, 11) is 1.59. The fourth-order valence-electron chi connectivity index (χ4n) is 6.16. The zero-order valence-corrected chi connectivity index (χ0v) is 28.2. The van der Waals surface area contributed by atoms with Crippen LogP contribution in [0.25, 0.3) is 20.8 Å². The summed E-state index contributed by atoms with van der Waals surface area (Å²) < 4.78 is 13.4. The lowest BCUT2D eigenvalue weighted by Gasteiger charge is -2.42. The number of likely N-dealkylation sites (N-methyl/N-ethyl adjacent to an activating group) is 1.